The molecule has 0 unspecified atom stereocenters. The molecule has 1 amide bonds. The summed E-state index contributed by atoms with van der Waals surface area (Å²) in [6, 6.07) is 0. The first-order valence-corrected chi connectivity index (χ1v) is 3.86. The first kappa shape index (κ1) is 12.4. The Morgan fingerprint density at radius 2 is 1.64 bits per heavy atom. The van der Waals surface area contributed by atoms with Crippen molar-refractivity contribution >= 4 is 17.8 Å². The SMILES string of the molecule is NC(=O)CN(CCC(=O)O)CC(=O)O. The first-order chi connectivity index (χ1) is 6.41. The molecule has 0 aliphatic heterocycles. The lowest BCUT2D eigenvalue weighted by Crippen LogP contribution is -2.38. The second kappa shape index (κ2) is 5.92. The van der Waals surface area contributed by atoms with Crippen molar-refractivity contribution in [2.45, 2.75) is 6.42 Å². The van der Waals surface area contributed by atoms with E-state index in [0.29, 0.717) is 0 Å². The summed E-state index contributed by atoms with van der Waals surface area (Å²) in [7, 11) is 0. The highest BCUT2D eigenvalue weighted by atomic mass is 16.4. The average molecular weight is 204 g/mol. The minimum absolute atomic E-state index is 0.00935. The molecule has 0 rings (SSSR count). The minimum atomic E-state index is -1.13. The van der Waals surface area contributed by atoms with Crippen LogP contribution in [0.4, 0.5) is 0 Å². The Morgan fingerprint density at radius 3 is 2.00 bits per heavy atom. The lowest BCUT2D eigenvalue weighted by molar-refractivity contribution is -0.141. The van der Waals surface area contributed by atoms with E-state index in [1.807, 2.05) is 0 Å². The van der Waals surface area contributed by atoms with E-state index in [1.54, 1.807) is 0 Å². The van der Waals surface area contributed by atoms with Crippen LogP contribution in [0.2, 0.25) is 0 Å². The molecular formula is C7H12N2O5. The third kappa shape index (κ3) is 7.04. The minimum Gasteiger partial charge on any atom is -0.481 e. The van der Waals surface area contributed by atoms with Gasteiger partial charge in [0.2, 0.25) is 5.91 Å². The predicted octanol–water partition coefficient (Wildman–Crippen LogP) is -1.67. The summed E-state index contributed by atoms with van der Waals surface area (Å²) >= 11 is 0. The third-order valence-electron chi connectivity index (χ3n) is 1.38. The van der Waals surface area contributed by atoms with Gasteiger partial charge in [0.1, 0.15) is 0 Å². The highest BCUT2D eigenvalue weighted by Crippen LogP contribution is 1.91. The van der Waals surface area contributed by atoms with Crippen LogP contribution in [0.3, 0.4) is 0 Å². The number of hydrogen-bond donors (Lipinski definition) is 3. The van der Waals surface area contributed by atoms with Crippen molar-refractivity contribution in [3.8, 4) is 0 Å². The molecule has 0 fully saturated rings. The summed E-state index contributed by atoms with van der Waals surface area (Å²) in [5.41, 5.74) is 4.85. The number of rotatable bonds is 7. The zero-order chi connectivity index (χ0) is 11.1. The molecule has 4 N–H and O–H groups in total. The molecule has 7 heteroatoms. The second-order valence-corrected chi connectivity index (χ2v) is 2.71. The van der Waals surface area contributed by atoms with Gasteiger partial charge >= 0.3 is 11.9 Å². The Morgan fingerprint density at radius 1 is 1.07 bits per heavy atom. The van der Waals surface area contributed by atoms with E-state index < -0.39 is 24.4 Å². The zero-order valence-electron chi connectivity index (χ0n) is 7.47. The molecule has 0 aromatic heterocycles. The van der Waals surface area contributed by atoms with Gasteiger partial charge in [0, 0.05) is 6.54 Å². The maximum atomic E-state index is 10.5. The Hall–Kier alpha value is -1.63. The second-order valence-electron chi connectivity index (χ2n) is 2.71. The van der Waals surface area contributed by atoms with Crippen molar-refractivity contribution in [2.24, 2.45) is 5.73 Å². The maximum Gasteiger partial charge on any atom is 0.317 e. The molecule has 0 atom stereocenters. The number of hydrogen-bond acceptors (Lipinski definition) is 4. The Bertz CT molecular complexity index is 224. The van der Waals surface area contributed by atoms with E-state index in [0.717, 1.165) is 0 Å². The van der Waals surface area contributed by atoms with E-state index in [9.17, 15) is 14.4 Å². The largest absolute Gasteiger partial charge is 0.481 e. The summed E-state index contributed by atoms with van der Waals surface area (Å²) < 4.78 is 0. The number of nitrogens with zero attached hydrogens (tertiary/aromatic N) is 1. The van der Waals surface area contributed by atoms with Gasteiger partial charge in [-0.25, -0.2) is 0 Å². The van der Waals surface area contributed by atoms with E-state index in [-0.39, 0.29) is 19.5 Å². The molecular weight excluding hydrogens is 192 g/mol. The number of nitrogens with two attached hydrogens (primary N) is 1. The van der Waals surface area contributed by atoms with Crippen molar-refractivity contribution in [3.05, 3.63) is 0 Å². The van der Waals surface area contributed by atoms with Gasteiger partial charge in [-0.2, -0.15) is 0 Å². The number of carbonyl (C=O) groups is 3. The van der Waals surface area contributed by atoms with Gasteiger partial charge in [-0.3, -0.25) is 19.3 Å². The smallest absolute Gasteiger partial charge is 0.317 e. The van der Waals surface area contributed by atoms with Crippen LogP contribution in [-0.2, 0) is 14.4 Å². The molecule has 0 saturated heterocycles. The molecule has 0 heterocycles. The molecule has 0 aliphatic carbocycles. The Kier molecular flexibility index (Phi) is 5.23. The van der Waals surface area contributed by atoms with E-state index >= 15 is 0 Å². The fourth-order valence-corrected chi connectivity index (χ4v) is 0.879. The number of primary amides is 1. The van der Waals surface area contributed by atoms with Crippen molar-refractivity contribution in [1.82, 2.24) is 4.90 Å². The van der Waals surface area contributed by atoms with Crippen LogP contribution in [0.15, 0.2) is 0 Å². The Labute approximate surface area is 80.1 Å². The maximum absolute atomic E-state index is 10.5. The van der Waals surface area contributed by atoms with Gasteiger partial charge in [0.05, 0.1) is 19.5 Å². The molecule has 0 aromatic carbocycles. The van der Waals surface area contributed by atoms with Crippen LogP contribution in [0.25, 0.3) is 0 Å². The van der Waals surface area contributed by atoms with Crippen LogP contribution in [0.1, 0.15) is 6.42 Å². The lowest BCUT2D eigenvalue weighted by Gasteiger charge is -2.16. The van der Waals surface area contributed by atoms with Crippen LogP contribution >= 0.6 is 0 Å². The van der Waals surface area contributed by atoms with Gasteiger partial charge < -0.3 is 15.9 Å². The molecule has 0 bridgehead atoms. The topological polar surface area (TPSA) is 121 Å². The fourth-order valence-electron chi connectivity index (χ4n) is 0.879. The summed E-state index contributed by atoms with van der Waals surface area (Å²) in [5.74, 6) is -2.86. The van der Waals surface area contributed by atoms with Gasteiger partial charge in [-0.1, -0.05) is 0 Å². The molecule has 0 radical (unpaired) electrons. The monoisotopic (exact) mass is 204 g/mol. The quantitative estimate of drug-likeness (QED) is 0.456. The normalized spacial score (nSPS) is 10.1. The van der Waals surface area contributed by atoms with Crippen molar-refractivity contribution in [2.75, 3.05) is 19.6 Å². The van der Waals surface area contributed by atoms with Gasteiger partial charge in [0.25, 0.3) is 0 Å². The lowest BCUT2D eigenvalue weighted by atomic mass is 10.3. The van der Waals surface area contributed by atoms with Gasteiger partial charge in [-0.05, 0) is 0 Å². The number of amides is 1. The Balaban J connectivity index is 4.03. The number of carbonyl (C=O) groups excluding carboxylic acids is 1. The van der Waals surface area contributed by atoms with Crippen molar-refractivity contribution < 1.29 is 24.6 Å². The molecule has 0 saturated carbocycles. The fraction of sp³-hybridized carbons (Fsp3) is 0.571. The summed E-state index contributed by atoms with van der Waals surface area (Å²) in [6.07, 6.45) is -0.222. The van der Waals surface area contributed by atoms with E-state index in [1.165, 1.54) is 4.90 Å². The summed E-state index contributed by atoms with van der Waals surface area (Å²) in [6.45, 7) is -0.652. The molecule has 0 aromatic rings. The van der Waals surface area contributed by atoms with E-state index in [2.05, 4.69) is 0 Å². The molecule has 7 nitrogen and oxygen atoms in total. The zero-order valence-corrected chi connectivity index (χ0v) is 7.47. The number of aliphatic carboxylic acids is 2. The average Bonchev–Trinajstić information content (AvgIpc) is 1.97. The summed E-state index contributed by atoms with van der Waals surface area (Å²) in [4.78, 5) is 32.1. The predicted molar refractivity (Wildman–Crippen MR) is 45.5 cm³/mol. The molecule has 80 valence electrons. The van der Waals surface area contributed by atoms with Crippen LogP contribution in [0.5, 0.6) is 0 Å². The molecule has 0 spiro atoms. The highest BCUT2D eigenvalue weighted by molar-refractivity contribution is 5.77. The van der Waals surface area contributed by atoms with Crippen molar-refractivity contribution in [3.63, 3.8) is 0 Å². The highest BCUT2D eigenvalue weighted by Gasteiger charge is 2.13. The standard InChI is InChI=1S/C7H12N2O5/c8-5(10)3-9(4-7(13)14)2-1-6(11)12/h1-4H2,(H2,8,10)(H,11,12)(H,13,14). The van der Waals surface area contributed by atoms with Crippen molar-refractivity contribution in [1.29, 1.82) is 0 Å². The summed E-state index contributed by atoms with van der Waals surface area (Å²) in [5, 5.41) is 16.8. The third-order valence-corrected chi connectivity index (χ3v) is 1.38. The molecule has 14 heavy (non-hydrogen) atoms. The molecule has 0 aliphatic rings. The van der Waals surface area contributed by atoms with Crippen LogP contribution in [-0.4, -0.2) is 52.6 Å². The van der Waals surface area contributed by atoms with Crippen LogP contribution < -0.4 is 5.73 Å². The first-order valence-electron chi connectivity index (χ1n) is 3.86. The number of carboxylic acid groups (broad SMARTS) is 2. The van der Waals surface area contributed by atoms with Crippen LogP contribution in [0, 0.1) is 0 Å². The number of carboxylic acids is 2. The van der Waals surface area contributed by atoms with Gasteiger partial charge in [0.15, 0.2) is 0 Å². The van der Waals surface area contributed by atoms with Gasteiger partial charge in [-0.15, -0.1) is 0 Å². The van der Waals surface area contributed by atoms with E-state index in [4.69, 9.17) is 15.9 Å².